The Morgan fingerprint density at radius 1 is 1.08 bits per heavy atom. The monoisotopic (exact) mass is 359 g/mol. The van der Waals surface area contributed by atoms with E-state index in [1.165, 1.54) is 18.2 Å². The molecule has 2 nitrogen and oxygen atoms in total. The number of amides is 1. The third-order valence-corrected chi connectivity index (χ3v) is 4.87. The number of carbonyl (C=O) groups excluding carboxylic acids is 1. The first kappa shape index (κ1) is 18.2. The Labute approximate surface area is 150 Å². The van der Waals surface area contributed by atoms with E-state index in [-0.39, 0.29) is 11.4 Å². The molecule has 0 unspecified atom stereocenters. The van der Waals surface area contributed by atoms with Crippen molar-refractivity contribution >= 4 is 5.91 Å². The molecule has 2 aromatic carbocycles. The summed E-state index contributed by atoms with van der Waals surface area (Å²) < 4.78 is 38.2. The van der Waals surface area contributed by atoms with E-state index >= 15 is 0 Å². The number of fused-ring (bicyclic) bond motifs is 1. The number of rotatable bonds is 2. The summed E-state index contributed by atoms with van der Waals surface area (Å²) in [6.45, 7) is 8.06. The molecule has 136 valence electrons. The average molecular weight is 359 g/mol. The summed E-state index contributed by atoms with van der Waals surface area (Å²) in [6.07, 6.45) is -2.31. The highest BCUT2D eigenvalue weighted by Crippen LogP contribution is 2.35. The van der Waals surface area contributed by atoms with Crippen molar-refractivity contribution in [1.82, 2.24) is 4.90 Å². The molecule has 0 aliphatic carbocycles. The van der Waals surface area contributed by atoms with E-state index in [1.807, 2.05) is 32.0 Å². The zero-order valence-electron chi connectivity index (χ0n) is 14.7. The van der Waals surface area contributed by atoms with Crippen LogP contribution in [-0.4, -0.2) is 16.3 Å². The van der Waals surface area contributed by atoms with E-state index in [0.29, 0.717) is 12.1 Å². The van der Waals surface area contributed by atoms with Gasteiger partial charge in [0.1, 0.15) is 0 Å². The van der Waals surface area contributed by atoms with Crippen molar-refractivity contribution in [1.29, 1.82) is 0 Å². The number of alkyl halides is 3. The first-order chi connectivity index (χ1) is 12.1. The van der Waals surface area contributed by atoms with Gasteiger partial charge in [0.2, 0.25) is 5.91 Å². The number of nitrogens with zero attached hydrogens (tertiary/aromatic N) is 1. The minimum absolute atomic E-state index is 0.124. The third kappa shape index (κ3) is 3.39. The van der Waals surface area contributed by atoms with Crippen LogP contribution in [-0.2, 0) is 23.9 Å². The lowest BCUT2D eigenvalue weighted by Crippen LogP contribution is -2.50. The maximum atomic E-state index is 12.7. The second-order valence-corrected chi connectivity index (χ2v) is 7.18. The predicted molar refractivity (Wildman–Crippen MR) is 95.4 cm³/mol. The van der Waals surface area contributed by atoms with Gasteiger partial charge >= 0.3 is 6.18 Å². The van der Waals surface area contributed by atoms with Crippen LogP contribution in [0.2, 0.25) is 0 Å². The second kappa shape index (κ2) is 6.31. The third-order valence-electron chi connectivity index (χ3n) is 4.87. The SMILES string of the molecule is C=CC(=O)N1Cc2cc(-c3ccc(C(F)(F)F)cc3)ccc2CC1(C)C. The molecule has 0 atom stereocenters. The van der Waals surface area contributed by atoms with Crippen molar-refractivity contribution in [3.8, 4) is 11.1 Å². The molecular weight excluding hydrogens is 339 g/mol. The van der Waals surface area contributed by atoms with E-state index in [2.05, 4.69) is 6.58 Å². The Balaban J connectivity index is 1.94. The van der Waals surface area contributed by atoms with Gasteiger partial charge in [0.15, 0.2) is 0 Å². The standard InChI is InChI=1S/C21H20F3NO/c1-4-19(26)25-13-17-11-15(5-6-16(17)12-20(25,2)3)14-7-9-18(10-8-14)21(22,23)24/h4-11H,1,12-13H2,2-3H3. The molecule has 0 radical (unpaired) electrons. The van der Waals surface area contributed by atoms with E-state index < -0.39 is 11.7 Å². The van der Waals surface area contributed by atoms with Crippen molar-refractivity contribution in [3.63, 3.8) is 0 Å². The van der Waals surface area contributed by atoms with Crippen LogP contribution < -0.4 is 0 Å². The first-order valence-corrected chi connectivity index (χ1v) is 8.35. The number of hydrogen-bond acceptors (Lipinski definition) is 1. The number of carbonyl (C=O) groups is 1. The van der Waals surface area contributed by atoms with Crippen LogP contribution in [0.3, 0.4) is 0 Å². The van der Waals surface area contributed by atoms with E-state index in [0.717, 1.165) is 35.2 Å². The lowest BCUT2D eigenvalue weighted by Gasteiger charge is -2.43. The second-order valence-electron chi connectivity index (χ2n) is 7.18. The van der Waals surface area contributed by atoms with Crippen molar-refractivity contribution in [2.24, 2.45) is 0 Å². The molecule has 3 rings (SSSR count). The zero-order chi connectivity index (χ0) is 19.1. The van der Waals surface area contributed by atoms with E-state index in [4.69, 9.17) is 0 Å². The van der Waals surface area contributed by atoms with Gasteiger partial charge < -0.3 is 4.90 Å². The van der Waals surface area contributed by atoms with E-state index in [1.54, 1.807) is 4.90 Å². The maximum absolute atomic E-state index is 12.7. The molecular formula is C21H20F3NO. The van der Waals surface area contributed by atoms with Gasteiger partial charge in [-0.2, -0.15) is 13.2 Å². The van der Waals surface area contributed by atoms with Crippen LogP contribution in [0.25, 0.3) is 11.1 Å². The maximum Gasteiger partial charge on any atom is 0.416 e. The van der Waals surface area contributed by atoms with Gasteiger partial charge in [0.05, 0.1) is 5.56 Å². The summed E-state index contributed by atoms with van der Waals surface area (Å²) in [5.74, 6) is -0.124. The molecule has 0 spiro atoms. The summed E-state index contributed by atoms with van der Waals surface area (Å²) in [5, 5.41) is 0. The highest BCUT2D eigenvalue weighted by Gasteiger charge is 2.35. The van der Waals surface area contributed by atoms with Crippen LogP contribution >= 0.6 is 0 Å². The highest BCUT2D eigenvalue weighted by atomic mass is 19.4. The Morgan fingerprint density at radius 3 is 2.27 bits per heavy atom. The van der Waals surface area contributed by atoms with Gasteiger partial charge in [-0.3, -0.25) is 4.79 Å². The fraction of sp³-hybridized carbons (Fsp3) is 0.286. The van der Waals surface area contributed by atoms with Gasteiger partial charge in [0.25, 0.3) is 0 Å². The fourth-order valence-electron chi connectivity index (χ4n) is 3.41. The van der Waals surface area contributed by atoms with Gasteiger partial charge in [-0.25, -0.2) is 0 Å². The lowest BCUT2D eigenvalue weighted by atomic mass is 9.84. The number of hydrogen-bond donors (Lipinski definition) is 0. The van der Waals surface area contributed by atoms with Crippen LogP contribution in [0, 0.1) is 0 Å². The quantitative estimate of drug-likeness (QED) is 0.673. The topological polar surface area (TPSA) is 20.3 Å². The van der Waals surface area contributed by atoms with Crippen LogP contribution in [0.1, 0.15) is 30.5 Å². The van der Waals surface area contributed by atoms with Crippen LogP contribution in [0.5, 0.6) is 0 Å². The fourth-order valence-corrected chi connectivity index (χ4v) is 3.41. The Kier molecular flexibility index (Phi) is 4.42. The highest BCUT2D eigenvalue weighted by molar-refractivity contribution is 5.88. The molecule has 5 heteroatoms. The number of halogens is 3. The van der Waals surface area contributed by atoms with Crippen LogP contribution in [0.4, 0.5) is 13.2 Å². The first-order valence-electron chi connectivity index (χ1n) is 8.35. The van der Waals surface area contributed by atoms with Gasteiger partial charge in [-0.15, -0.1) is 0 Å². The molecule has 0 N–H and O–H groups in total. The van der Waals surface area contributed by atoms with Gasteiger partial charge in [-0.1, -0.05) is 30.8 Å². The predicted octanol–water partition coefficient (Wildman–Crippen LogP) is 5.22. The molecule has 1 amide bonds. The molecule has 1 heterocycles. The smallest absolute Gasteiger partial charge is 0.329 e. The molecule has 1 aliphatic heterocycles. The van der Waals surface area contributed by atoms with Gasteiger partial charge in [-0.05, 0) is 66.8 Å². The molecule has 1 aliphatic rings. The minimum Gasteiger partial charge on any atom is -0.329 e. The molecule has 0 bridgehead atoms. The summed E-state index contributed by atoms with van der Waals surface area (Å²) in [4.78, 5) is 14.0. The van der Waals surface area contributed by atoms with Gasteiger partial charge in [0, 0.05) is 12.1 Å². The van der Waals surface area contributed by atoms with Crippen molar-refractivity contribution in [2.45, 2.75) is 38.5 Å². The summed E-state index contributed by atoms with van der Waals surface area (Å²) in [7, 11) is 0. The Morgan fingerprint density at radius 2 is 1.69 bits per heavy atom. The molecule has 0 saturated carbocycles. The molecule has 0 saturated heterocycles. The molecule has 0 aromatic heterocycles. The molecule has 2 aromatic rings. The summed E-state index contributed by atoms with van der Waals surface area (Å²) in [6, 6.07) is 11.0. The van der Waals surface area contributed by atoms with E-state index in [9.17, 15) is 18.0 Å². The molecule has 0 fully saturated rings. The minimum atomic E-state index is -4.34. The average Bonchev–Trinajstić information content (AvgIpc) is 2.59. The zero-order valence-corrected chi connectivity index (χ0v) is 14.7. The Bertz CT molecular complexity index is 851. The number of benzene rings is 2. The van der Waals surface area contributed by atoms with Crippen molar-refractivity contribution in [2.75, 3.05) is 0 Å². The lowest BCUT2D eigenvalue weighted by molar-refractivity contribution is -0.137. The Hall–Kier alpha value is -2.56. The normalized spacial score (nSPS) is 16.1. The summed E-state index contributed by atoms with van der Waals surface area (Å²) >= 11 is 0. The summed E-state index contributed by atoms with van der Waals surface area (Å²) in [5.41, 5.74) is 2.74. The molecule has 26 heavy (non-hydrogen) atoms. The van der Waals surface area contributed by atoms with Crippen molar-refractivity contribution < 1.29 is 18.0 Å². The van der Waals surface area contributed by atoms with Crippen LogP contribution in [0.15, 0.2) is 55.1 Å². The van der Waals surface area contributed by atoms with Crippen molar-refractivity contribution in [3.05, 3.63) is 71.8 Å². The largest absolute Gasteiger partial charge is 0.416 e.